The lowest BCUT2D eigenvalue weighted by Crippen LogP contribution is -1.97. The summed E-state index contributed by atoms with van der Waals surface area (Å²) >= 11 is 0. The zero-order chi connectivity index (χ0) is 9.97. The second-order valence-corrected chi connectivity index (χ2v) is 4.23. The van der Waals surface area contributed by atoms with E-state index in [1.165, 1.54) is 36.8 Å². The van der Waals surface area contributed by atoms with Gasteiger partial charge in [0.15, 0.2) is 0 Å². The molecule has 1 aliphatic carbocycles. The van der Waals surface area contributed by atoms with Crippen LogP contribution in [0.15, 0.2) is 18.2 Å². The van der Waals surface area contributed by atoms with Crippen LogP contribution in [0.1, 0.15) is 42.7 Å². The molecule has 1 nitrogen and oxygen atoms in total. The molecule has 0 amide bonds. The highest BCUT2D eigenvalue weighted by Gasteiger charge is 2.20. The minimum Gasteiger partial charge on any atom is -0.496 e. The van der Waals surface area contributed by atoms with Gasteiger partial charge in [0.1, 0.15) is 5.75 Å². The molecule has 1 heteroatoms. The minimum atomic E-state index is 0.741. The summed E-state index contributed by atoms with van der Waals surface area (Å²) in [5.41, 5.74) is 2.76. The van der Waals surface area contributed by atoms with Gasteiger partial charge >= 0.3 is 0 Å². The zero-order valence-electron chi connectivity index (χ0n) is 9.05. The van der Waals surface area contributed by atoms with Crippen LogP contribution in [-0.2, 0) is 0 Å². The highest BCUT2D eigenvalue weighted by Crippen LogP contribution is 2.38. The second kappa shape index (κ2) is 4.04. The Kier molecular flexibility index (Phi) is 2.76. The Labute approximate surface area is 86.1 Å². The van der Waals surface area contributed by atoms with Crippen LogP contribution in [0, 0.1) is 6.92 Å². The van der Waals surface area contributed by atoms with Crippen LogP contribution in [0.25, 0.3) is 0 Å². The van der Waals surface area contributed by atoms with E-state index in [4.69, 9.17) is 4.74 Å². The number of ether oxygens (including phenoxy) is 1. The van der Waals surface area contributed by atoms with E-state index < -0.39 is 0 Å². The molecule has 0 unspecified atom stereocenters. The Hall–Kier alpha value is -0.980. The lowest BCUT2D eigenvalue weighted by atomic mass is 9.95. The first kappa shape index (κ1) is 9.57. The fourth-order valence-corrected chi connectivity index (χ4v) is 2.41. The largest absolute Gasteiger partial charge is 0.496 e. The van der Waals surface area contributed by atoms with Crippen LogP contribution in [0.5, 0.6) is 5.75 Å². The van der Waals surface area contributed by atoms with Crippen molar-refractivity contribution in [2.45, 2.75) is 38.5 Å². The molecule has 0 radical (unpaired) electrons. The van der Waals surface area contributed by atoms with E-state index in [1.54, 1.807) is 7.11 Å². The molecule has 2 rings (SSSR count). The fraction of sp³-hybridized carbons (Fsp3) is 0.538. The van der Waals surface area contributed by atoms with Gasteiger partial charge in [0, 0.05) is 0 Å². The lowest BCUT2D eigenvalue weighted by molar-refractivity contribution is 0.405. The Morgan fingerprint density at radius 1 is 1.21 bits per heavy atom. The Morgan fingerprint density at radius 2 is 1.93 bits per heavy atom. The molecule has 1 fully saturated rings. The molecule has 1 aliphatic rings. The van der Waals surface area contributed by atoms with Crippen LogP contribution in [-0.4, -0.2) is 7.11 Å². The Balaban J connectivity index is 2.33. The maximum absolute atomic E-state index is 5.41. The zero-order valence-corrected chi connectivity index (χ0v) is 9.05. The molecule has 0 saturated heterocycles. The van der Waals surface area contributed by atoms with Gasteiger partial charge < -0.3 is 4.74 Å². The van der Waals surface area contributed by atoms with Gasteiger partial charge in [-0.2, -0.15) is 0 Å². The molecule has 0 N–H and O–H groups in total. The first-order valence-corrected chi connectivity index (χ1v) is 5.46. The molecule has 1 saturated carbocycles. The molecule has 0 heterocycles. The van der Waals surface area contributed by atoms with Crippen molar-refractivity contribution < 1.29 is 4.74 Å². The van der Waals surface area contributed by atoms with E-state index >= 15 is 0 Å². The van der Waals surface area contributed by atoms with Crippen LogP contribution in [0.3, 0.4) is 0 Å². The van der Waals surface area contributed by atoms with E-state index in [0.717, 1.165) is 11.7 Å². The van der Waals surface area contributed by atoms with Crippen molar-refractivity contribution in [3.8, 4) is 5.75 Å². The van der Waals surface area contributed by atoms with Crippen molar-refractivity contribution in [2.75, 3.05) is 7.11 Å². The van der Waals surface area contributed by atoms with E-state index in [0.29, 0.717) is 0 Å². The third-order valence-electron chi connectivity index (χ3n) is 3.18. The normalized spacial score (nSPS) is 17.3. The SMILES string of the molecule is COc1ccc(C)cc1C1CCCC1. The maximum atomic E-state index is 5.41. The average molecular weight is 190 g/mol. The summed E-state index contributed by atoms with van der Waals surface area (Å²) in [6, 6.07) is 6.51. The maximum Gasteiger partial charge on any atom is 0.122 e. The summed E-state index contributed by atoms with van der Waals surface area (Å²) in [4.78, 5) is 0. The van der Waals surface area contributed by atoms with Gasteiger partial charge in [-0.25, -0.2) is 0 Å². The summed E-state index contributed by atoms with van der Waals surface area (Å²) in [5, 5.41) is 0. The average Bonchev–Trinajstić information content (AvgIpc) is 2.70. The molecular weight excluding hydrogens is 172 g/mol. The van der Waals surface area contributed by atoms with Crippen LogP contribution in [0.2, 0.25) is 0 Å². The van der Waals surface area contributed by atoms with Crippen molar-refractivity contribution in [2.24, 2.45) is 0 Å². The quantitative estimate of drug-likeness (QED) is 0.691. The summed E-state index contributed by atoms with van der Waals surface area (Å²) in [7, 11) is 1.77. The molecule has 76 valence electrons. The van der Waals surface area contributed by atoms with Gasteiger partial charge in [0.25, 0.3) is 0 Å². The third kappa shape index (κ3) is 1.77. The highest BCUT2D eigenvalue weighted by atomic mass is 16.5. The van der Waals surface area contributed by atoms with Gasteiger partial charge in [0.05, 0.1) is 7.11 Å². The summed E-state index contributed by atoms with van der Waals surface area (Å²) in [6.45, 7) is 2.15. The van der Waals surface area contributed by atoms with Crippen molar-refractivity contribution in [3.63, 3.8) is 0 Å². The van der Waals surface area contributed by atoms with Gasteiger partial charge in [-0.3, -0.25) is 0 Å². The van der Waals surface area contributed by atoms with Crippen LogP contribution >= 0.6 is 0 Å². The molecule has 0 spiro atoms. The molecule has 1 aromatic rings. The molecule has 14 heavy (non-hydrogen) atoms. The smallest absolute Gasteiger partial charge is 0.122 e. The van der Waals surface area contributed by atoms with Gasteiger partial charge in [-0.15, -0.1) is 0 Å². The summed E-state index contributed by atoms with van der Waals surface area (Å²) in [6.07, 6.45) is 5.42. The molecular formula is C13H18O. The molecule has 1 aromatic carbocycles. The Morgan fingerprint density at radius 3 is 2.57 bits per heavy atom. The van der Waals surface area contributed by atoms with Crippen molar-refractivity contribution >= 4 is 0 Å². The third-order valence-corrected chi connectivity index (χ3v) is 3.18. The number of hydrogen-bond donors (Lipinski definition) is 0. The van der Waals surface area contributed by atoms with Gasteiger partial charge in [-0.05, 0) is 37.3 Å². The number of methoxy groups -OCH3 is 1. The molecule has 0 aromatic heterocycles. The summed E-state index contributed by atoms with van der Waals surface area (Å²) in [5.74, 6) is 1.81. The first-order chi connectivity index (χ1) is 6.81. The number of benzene rings is 1. The monoisotopic (exact) mass is 190 g/mol. The highest BCUT2D eigenvalue weighted by molar-refractivity contribution is 5.39. The fourth-order valence-electron chi connectivity index (χ4n) is 2.41. The first-order valence-electron chi connectivity index (χ1n) is 5.46. The van der Waals surface area contributed by atoms with E-state index in [2.05, 4.69) is 25.1 Å². The number of hydrogen-bond acceptors (Lipinski definition) is 1. The molecule has 0 bridgehead atoms. The van der Waals surface area contributed by atoms with Crippen molar-refractivity contribution in [1.29, 1.82) is 0 Å². The van der Waals surface area contributed by atoms with Crippen molar-refractivity contribution in [1.82, 2.24) is 0 Å². The number of rotatable bonds is 2. The predicted molar refractivity (Wildman–Crippen MR) is 58.9 cm³/mol. The van der Waals surface area contributed by atoms with E-state index in [9.17, 15) is 0 Å². The lowest BCUT2D eigenvalue weighted by Gasteiger charge is -2.14. The minimum absolute atomic E-state index is 0.741. The second-order valence-electron chi connectivity index (χ2n) is 4.23. The molecule has 0 atom stereocenters. The van der Waals surface area contributed by atoms with E-state index in [1.807, 2.05) is 0 Å². The van der Waals surface area contributed by atoms with Crippen molar-refractivity contribution in [3.05, 3.63) is 29.3 Å². The van der Waals surface area contributed by atoms with Gasteiger partial charge in [-0.1, -0.05) is 30.5 Å². The predicted octanol–water partition coefficient (Wildman–Crippen LogP) is 3.66. The van der Waals surface area contributed by atoms with E-state index in [-0.39, 0.29) is 0 Å². The summed E-state index contributed by atoms with van der Waals surface area (Å²) < 4.78 is 5.41. The van der Waals surface area contributed by atoms with Crippen LogP contribution in [0.4, 0.5) is 0 Å². The molecule has 0 aliphatic heterocycles. The Bertz CT molecular complexity index is 311. The standard InChI is InChI=1S/C13H18O/c1-10-7-8-13(14-2)12(9-10)11-5-3-4-6-11/h7-9,11H,3-6H2,1-2H3. The number of aryl methyl sites for hydroxylation is 1. The topological polar surface area (TPSA) is 9.23 Å². The van der Waals surface area contributed by atoms with Gasteiger partial charge in [0.2, 0.25) is 0 Å². The van der Waals surface area contributed by atoms with Crippen LogP contribution < -0.4 is 4.74 Å².